The van der Waals surface area contributed by atoms with E-state index in [9.17, 15) is 0 Å². The topological polar surface area (TPSA) is 21.3 Å². The molecule has 1 N–H and O–H groups in total. The van der Waals surface area contributed by atoms with E-state index in [2.05, 4.69) is 83.3 Å². The molecule has 2 aromatic carbocycles. The lowest BCUT2D eigenvalue weighted by molar-refractivity contribution is 0.437. The minimum atomic E-state index is 0.164. The van der Waals surface area contributed by atoms with Gasteiger partial charge in [-0.2, -0.15) is 0 Å². The summed E-state index contributed by atoms with van der Waals surface area (Å²) >= 11 is 0. The minimum absolute atomic E-state index is 0.164. The third-order valence-corrected chi connectivity index (χ3v) is 6.83. The number of rotatable bonds is 10. The van der Waals surface area contributed by atoms with Gasteiger partial charge in [-0.3, -0.25) is 0 Å². The van der Waals surface area contributed by atoms with E-state index in [1.54, 1.807) is 0 Å². The Hall–Kier alpha value is -1.96. The Morgan fingerprint density at radius 1 is 0.667 bits per heavy atom. The van der Waals surface area contributed by atoms with Gasteiger partial charge in [-0.1, -0.05) is 92.2 Å². The smallest absolute Gasteiger partial charge is 0.151 e. The number of fused-ring (bicyclic) bond motifs is 2. The molecule has 2 nitrogen and oxygen atoms in total. The van der Waals surface area contributed by atoms with Gasteiger partial charge in [-0.25, -0.2) is 0 Å². The maximum atomic E-state index is 6.44. The molecule has 0 aromatic heterocycles. The van der Waals surface area contributed by atoms with E-state index >= 15 is 0 Å². The molecule has 0 aliphatic carbocycles. The largest absolute Gasteiger partial charge is 0.453 e. The zero-order valence-corrected chi connectivity index (χ0v) is 20.0. The van der Waals surface area contributed by atoms with Crippen molar-refractivity contribution in [2.45, 2.75) is 104 Å². The highest BCUT2D eigenvalue weighted by molar-refractivity contribution is 5.76. The van der Waals surface area contributed by atoms with Crippen molar-refractivity contribution in [1.82, 2.24) is 0 Å². The summed E-state index contributed by atoms with van der Waals surface area (Å²) in [5.74, 6) is 1.90. The molecule has 0 fully saturated rings. The summed E-state index contributed by atoms with van der Waals surface area (Å²) in [6, 6.07) is 13.4. The average molecular weight is 408 g/mol. The normalized spacial score (nSPS) is 13.3. The maximum absolute atomic E-state index is 6.44. The summed E-state index contributed by atoms with van der Waals surface area (Å²) in [4.78, 5) is 0. The molecule has 0 radical (unpaired) electrons. The molecule has 0 amide bonds. The maximum Gasteiger partial charge on any atom is 0.151 e. The van der Waals surface area contributed by atoms with Crippen LogP contribution in [0.4, 0.5) is 11.4 Å². The molecular formula is C28H41NO. The Bertz CT molecular complexity index is 780. The molecule has 0 bridgehead atoms. The Kier molecular flexibility index (Phi) is 7.16. The molecule has 2 heteroatoms. The summed E-state index contributed by atoms with van der Waals surface area (Å²) in [6.45, 7) is 13.9. The van der Waals surface area contributed by atoms with Crippen LogP contribution in [0.2, 0.25) is 0 Å². The van der Waals surface area contributed by atoms with Gasteiger partial charge in [0.2, 0.25) is 0 Å². The summed E-state index contributed by atoms with van der Waals surface area (Å²) in [5.41, 5.74) is 5.17. The number of benzene rings is 2. The highest BCUT2D eigenvalue weighted by Crippen LogP contribution is 2.46. The highest BCUT2D eigenvalue weighted by Gasteiger charge is 2.26. The first kappa shape index (κ1) is 22.7. The van der Waals surface area contributed by atoms with Gasteiger partial charge in [0, 0.05) is 0 Å². The Morgan fingerprint density at radius 3 is 1.50 bits per heavy atom. The summed E-state index contributed by atoms with van der Waals surface area (Å²) in [7, 11) is 0. The lowest BCUT2D eigenvalue weighted by atomic mass is 9.79. The molecule has 1 aliphatic heterocycles. The SMILES string of the molecule is CCCCCC(C)(C)c1ccc2c(c1)Oc1cc(C(C)(C)CCCCC)ccc1N2. The van der Waals surface area contributed by atoms with Crippen molar-refractivity contribution < 1.29 is 4.74 Å². The van der Waals surface area contributed by atoms with Crippen LogP contribution in [0, 0.1) is 0 Å². The zero-order chi connectivity index (χ0) is 21.8. The Balaban J connectivity index is 1.80. The monoisotopic (exact) mass is 407 g/mol. The van der Waals surface area contributed by atoms with Crippen LogP contribution in [-0.2, 0) is 10.8 Å². The lowest BCUT2D eigenvalue weighted by Crippen LogP contribution is -2.18. The van der Waals surface area contributed by atoms with Crippen LogP contribution in [0.25, 0.3) is 0 Å². The number of hydrogen-bond donors (Lipinski definition) is 1. The van der Waals surface area contributed by atoms with Gasteiger partial charge >= 0.3 is 0 Å². The van der Waals surface area contributed by atoms with Crippen LogP contribution in [0.1, 0.15) is 104 Å². The molecule has 0 atom stereocenters. The van der Waals surface area contributed by atoms with Crippen molar-refractivity contribution in [2.75, 3.05) is 5.32 Å². The number of unbranched alkanes of at least 4 members (excludes halogenated alkanes) is 4. The van der Waals surface area contributed by atoms with E-state index in [0.717, 1.165) is 22.9 Å². The molecule has 0 saturated heterocycles. The fourth-order valence-corrected chi connectivity index (χ4v) is 4.45. The first-order chi connectivity index (χ1) is 14.3. The third kappa shape index (κ3) is 5.20. The standard InChI is InChI=1S/C28H41NO/c1-7-9-11-17-27(3,4)21-13-15-23-25(19-21)30-26-20-22(14-16-24(26)29-23)28(5,6)18-12-10-8-2/h13-16,19-20,29H,7-12,17-18H2,1-6H3. The van der Waals surface area contributed by atoms with E-state index in [-0.39, 0.29) is 10.8 Å². The second-order valence-electron chi connectivity index (χ2n) is 10.3. The first-order valence-electron chi connectivity index (χ1n) is 12.0. The van der Waals surface area contributed by atoms with Crippen LogP contribution < -0.4 is 10.1 Å². The van der Waals surface area contributed by atoms with E-state index in [4.69, 9.17) is 4.74 Å². The number of anilines is 2. The lowest BCUT2D eigenvalue weighted by Gasteiger charge is -2.30. The van der Waals surface area contributed by atoms with Crippen molar-refractivity contribution in [1.29, 1.82) is 0 Å². The Labute approximate surface area is 184 Å². The van der Waals surface area contributed by atoms with E-state index < -0.39 is 0 Å². The summed E-state index contributed by atoms with van der Waals surface area (Å²) < 4.78 is 6.44. The van der Waals surface area contributed by atoms with E-state index in [1.165, 1.54) is 62.5 Å². The minimum Gasteiger partial charge on any atom is -0.453 e. The first-order valence-corrected chi connectivity index (χ1v) is 12.0. The number of ether oxygens (including phenoxy) is 1. The molecule has 0 saturated carbocycles. The molecule has 3 rings (SSSR count). The van der Waals surface area contributed by atoms with Crippen LogP contribution in [0.3, 0.4) is 0 Å². The van der Waals surface area contributed by atoms with Crippen molar-refractivity contribution >= 4 is 11.4 Å². The van der Waals surface area contributed by atoms with Gasteiger partial charge in [0.25, 0.3) is 0 Å². The van der Waals surface area contributed by atoms with Crippen LogP contribution >= 0.6 is 0 Å². The van der Waals surface area contributed by atoms with Crippen LogP contribution in [0.5, 0.6) is 11.5 Å². The second-order valence-corrected chi connectivity index (χ2v) is 10.3. The molecule has 30 heavy (non-hydrogen) atoms. The highest BCUT2D eigenvalue weighted by atomic mass is 16.5. The predicted molar refractivity (Wildman–Crippen MR) is 131 cm³/mol. The Morgan fingerprint density at radius 2 is 1.10 bits per heavy atom. The summed E-state index contributed by atoms with van der Waals surface area (Å²) in [5, 5.41) is 3.58. The molecule has 2 aromatic rings. The van der Waals surface area contributed by atoms with Crippen LogP contribution in [-0.4, -0.2) is 0 Å². The third-order valence-electron chi connectivity index (χ3n) is 6.83. The fourth-order valence-electron chi connectivity index (χ4n) is 4.45. The van der Waals surface area contributed by atoms with Gasteiger partial charge in [0.1, 0.15) is 0 Å². The van der Waals surface area contributed by atoms with E-state index in [0.29, 0.717) is 0 Å². The zero-order valence-electron chi connectivity index (χ0n) is 20.0. The summed E-state index contributed by atoms with van der Waals surface area (Å²) in [6.07, 6.45) is 10.1. The van der Waals surface area contributed by atoms with Gasteiger partial charge in [0.15, 0.2) is 11.5 Å². The van der Waals surface area contributed by atoms with Crippen molar-refractivity contribution in [3.63, 3.8) is 0 Å². The molecule has 1 heterocycles. The van der Waals surface area contributed by atoms with Crippen LogP contribution in [0.15, 0.2) is 36.4 Å². The predicted octanol–water partition coefficient (Wildman–Crippen LogP) is 9.25. The van der Waals surface area contributed by atoms with E-state index in [1.807, 2.05) is 0 Å². The van der Waals surface area contributed by atoms with Crippen molar-refractivity contribution in [3.8, 4) is 11.5 Å². The second kappa shape index (κ2) is 9.45. The molecular weight excluding hydrogens is 366 g/mol. The average Bonchev–Trinajstić information content (AvgIpc) is 2.71. The number of nitrogens with one attached hydrogen (secondary N) is 1. The van der Waals surface area contributed by atoms with Gasteiger partial charge in [-0.15, -0.1) is 0 Å². The molecule has 0 unspecified atom stereocenters. The molecule has 0 spiro atoms. The molecule has 1 aliphatic rings. The van der Waals surface area contributed by atoms with Crippen molar-refractivity contribution in [2.24, 2.45) is 0 Å². The van der Waals surface area contributed by atoms with Gasteiger partial charge in [-0.05, 0) is 59.1 Å². The van der Waals surface area contributed by atoms with Gasteiger partial charge in [0.05, 0.1) is 11.4 Å². The van der Waals surface area contributed by atoms with Crippen molar-refractivity contribution in [3.05, 3.63) is 47.5 Å². The van der Waals surface area contributed by atoms with Gasteiger partial charge < -0.3 is 10.1 Å². The fraction of sp³-hybridized carbons (Fsp3) is 0.571. The molecule has 164 valence electrons. The quantitative estimate of drug-likeness (QED) is 0.338. The number of hydrogen-bond acceptors (Lipinski definition) is 2.